The van der Waals surface area contributed by atoms with Crippen LogP contribution in [0.1, 0.15) is 37.8 Å². The van der Waals surface area contributed by atoms with Crippen LogP contribution in [0.3, 0.4) is 0 Å². The van der Waals surface area contributed by atoms with Gasteiger partial charge in [0.25, 0.3) is 0 Å². The Morgan fingerprint density at radius 2 is 2.18 bits per heavy atom. The molecule has 1 heterocycles. The minimum absolute atomic E-state index is 0.0571. The van der Waals surface area contributed by atoms with Gasteiger partial charge in [0.1, 0.15) is 6.33 Å². The molecule has 1 amide bonds. The van der Waals surface area contributed by atoms with Gasteiger partial charge < -0.3 is 9.88 Å². The number of hydrogen-bond acceptors (Lipinski definition) is 4. The minimum Gasteiger partial charge on any atom is -0.351 e. The monoisotopic (exact) mass is 316 g/mol. The first-order valence-electron chi connectivity index (χ1n) is 7.65. The van der Waals surface area contributed by atoms with E-state index in [0.717, 1.165) is 17.1 Å². The van der Waals surface area contributed by atoms with Crippen LogP contribution in [0.5, 0.6) is 0 Å². The molecule has 0 aliphatic heterocycles. The molecule has 0 radical (unpaired) electrons. The topological polar surface area (TPSA) is 59.8 Å². The van der Waals surface area contributed by atoms with Crippen LogP contribution in [0.4, 0.5) is 0 Å². The fraction of sp³-hybridized carbons (Fsp3) is 0.438. The van der Waals surface area contributed by atoms with Gasteiger partial charge in [-0.15, -0.1) is 10.2 Å². The normalized spacial score (nSPS) is 15.5. The van der Waals surface area contributed by atoms with Crippen molar-refractivity contribution in [3.63, 3.8) is 0 Å². The fourth-order valence-electron chi connectivity index (χ4n) is 2.27. The van der Waals surface area contributed by atoms with Crippen LogP contribution in [0.2, 0.25) is 0 Å². The van der Waals surface area contributed by atoms with Crippen LogP contribution in [0.15, 0.2) is 41.8 Å². The molecule has 1 N–H and O–H groups in total. The van der Waals surface area contributed by atoms with Crippen molar-refractivity contribution in [2.24, 2.45) is 0 Å². The van der Waals surface area contributed by atoms with E-state index in [2.05, 4.69) is 20.1 Å². The molecule has 1 aromatic heterocycles. The summed E-state index contributed by atoms with van der Waals surface area (Å²) in [6.07, 6.45) is 4.91. The standard InChI is InChI=1S/C16H20N4OS/c1-2-14(15(21)17-10-12-6-4-3-5-7-12)22-16-19-18-11-20(16)13-8-9-13/h3-7,11,13-14H,2,8-10H2,1H3,(H,17,21)/t14-/m0/s1. The van der Waals surface area contributed by atoms with Crippen molar-refractivity contribution in [1.29, 1.82) is 0 Å². The molecule has 5 nitrogen and oxygen atoms in total. The zero-order valence-corrected chi connectivity index (χ0v) is 13.4. The van der Waals surface area contributed by atoms with E-state index in [1.54, 1.807) is 6.33 Å². The first-order chi connectivity index (χ1) is 10.8. The van der Waals surface area contributed by atoms with Crippen LogP contribution < -0.4 is 5.32 Å². The van der Waals surface area contributed by atoms with Gasteiger partial charge in [0.05, 0.1) is 5.25 Å². The summed E-state index contributed by atoms with van der Waals surface area (Å²) >= 11 is 1.51. The molecule has 0 spiro atoms. The maximum atomic E-state index is 12.4. The van der Waals surface area contributed by atoms with Crippen molar-refractivity contribution in [3.05, 3.63) is 42.2 Å². The summed E-state index contributed by atoms with van der Waals surface area (Å²) < 4.78 is 2.10. The van der Waals surface area contributed by atoms with Gasteiger partial charge in [0, 0.05) is 12.6 Å². The summed E-state index contributed by atoms with van der Waals surface area (Å²) in [5.74, 6) is 0.0571. The lowest BCUT2D eigenvalue weighted by atomic mass is 10.2. The van der Waals surface area contributed by atoms with Crippen molar-refractivity contribution >= 4 is 17.7 Å². The van der Waals surface area contributed by atoms with E-state index in [4.69, 9.17) is 0 Å². The van der Waals surface area contributed by atoms with Crippen LogP contribution in [-0.4, -0.2) is 25.9 Å². The van der Waals surface area contributed by atoms with Crippen molar-refractivity contribution in [2.45, 2.75) is 49.2 Å². The Hall–Kier alpha value is -1.82. The fourth-order valence-corrected chi connectivity index (χ4v) is 3.29. The average molecular weight is 316 g/mol. The number of thioether (sulfide) groups is 1. The van der Waals surface area contributed by atoms with E-state index >= 15 is 0 Å². The minimum atomic E-state index is -0.134. The van der Waals surface area contributed by atoms with Gasteiger partial charge in [-0.25, -0.2) is 0 Å². The molecule has 0 bridgehead atoms. The Kier molecular flexibility index (Phi) is 4.77. The summed E-state index contributed by atoms with van der Waals surface area (Å²) in [5.41, 5.74) is 1.11. The Bertz CT molecular complexity index is 624. The van der Waals surface area contributed by atoms with Gasteiger partial charge >= 0.3 is 0 Å². The number of aromatic nitrogens is 3. The second-order valence-electron chi connectivity index (χ2n) is 5.47. The largest absolute Gasteiger partial charge is 0.351 e. The maximum absolute atomic E-state index is 12.4. The summed E-state index contributed by atoms with van der Waals surface area (Å²) in [6, 6.07) is 10.5. The van der Waals surface area contributed by atoms with E-state index in [1.807, 2.05) is 37.3 Å². The molecule has 22 heavy (non-hydrogen) atoms. The molecule has 0 saturated heterocycles. The highest BCUT2D eigenvalue weighted by Crippen LogP contribution is 2.38. The van der Waals surface area contributed by atoms with Crippen molar-refractivity contribution in [2.75, 3.05) is 0 Å². The lowest BCUT2D eigenvalue weighted by molar-refractivity contribution is -0.120. The highest BCUT2D eigenvalue weighted by molar-refractivity contribution is 8.00. The lowest BCUT2D eigenvalue weighted by Gasteiger charge is -2.14. The third-order valence-corrected chi connectivity index (χ3v) is 5.04. The summed E-state index contributed by atoms with van der Waals surface area (Å²) in [4.78, 5) is 12.4. The third-order valence-electron chi connectivity index (χ3n) is 3.70. The maximum Gasteiger partial charge on any atom is 0.233 e. The van der Waals surface area contributed by atoms with E-state index in [9.17, 15) is 4.79 Å². The molecular formula is C16H20N4OS. The molecule has 1 fully saturated rings. The predicted octanol–water partition coefficient (Wildman–Crippen LogP) is 2.80. The van der Waals surface area contributed by atoms with Gasteiger partial charge in [0.2, 0.25) is 5.91 Å². The van der Waals surface area contributed by atoms with Gasteiger partial charge in [-0.3, -0.25) is 4.79 Å². The zero-order chi connectivity index (χ0) is 15.4. The quantitative estimate of drug-likeness (QED) is 0.798. The highest BCUT2D eigenvalue weighted by Gasteiger charge is 2.28. The third kappa shape index (κ3) is 3.68. The smallest absolute Gasteiger partial charge is 0.233 e. The predicted molar refractivity (Wildman–Crippen MR) is 86.5 cm³/mol. The number of nitrogens with zero attached hydrogens (tertiary/aromatic N) is 3. The van der Waals surface area contributed by atoms with Crippen molar-refractivity contribution < 1.29 is 4.79 Å². The molecule has 1 saturated carbocycles. The van der Waals surface area contributed by atoms with E-state index < -0.39 is 0 Å². The second kappa shape index (κ2) is 6.96. The van der Waals surface area contributed by atoms with E-state index in [0.29, 0.717) is 12.6 Å². The van der Waals surface area contributed by atoms with E-state index in [-0.39, 0.29) is 11.2 Å². The molecular weight excluding hydrogens is 296 g/mol. The lowest BCUT2D eigenvalue weighted by Crippen LogP contribution is -2.32. The number of benzene rings is 1. The molecule has 1 aliphatic rings. The summed E-state index contributed by atoms with van der Waals surface area (Å²) in [7, 11) is 0. The van der Waals surface area contributed by atoms with Crippen LogP contribution in [0.25, 0.3) is 0 Å². The van der Waals surface area contributed by atoms with Gasteiger partial charge in [-0.1, -0.05) is 49.0 Å². The van der Waals surface area contributed by atoms with Gasteiger partial charge in [-0.05, 0) is 24.8 Å². The number of nitrogens with one attached hydrogen (secondary N) is 1. The van der Waals surface area contributed by atoms with Crippen molar-refractivity contribution in [3.8, 4) is 0 Å². The van der Waals surface area contributed by atoms with Crippen molar-refractivity contribution in [1.82, 2.24) is 20.1 Å². The van der Waals surface area contributed by atoms with E-state index in [1.165, 1.54) is 24.6 Å². The Labute approximate surface area is 134 Å². The Balaban J connectivity index is 1.58. The number of hydrogen-bond donors (Lipinski definition) is 1. The molecule has 2 aromatic rings. The second-order valence-corrected chi connectivity index (χ2v) is 6.64. The van der Waals surface area contributed by atoms with Crippen LogP contribution in [0, 0.1) is 0 Å². The average Bonchev–Trinajstić information content (AvgIpc) is 3.30. The number of carbonyl (C=O) groups excluding carboxylic acids is 1. The number of rotatable bonds is 7. The summed E-state index contributed by atoms with van der Waals surface area (Å²) in [5, 5.41) is 11.9. The Morgan fingerprint density at radius 1 is 1.41 bits per heavy atom. The van der Waals surface area contributed by atoms with Gasteiger partial charge in [-0.2, -0.15) is 0 Å². The molecule has 1 atom stereocenters. The molecule has 3 rings (SSSR count). The zero-order valence-electron chi connectivity index (χ0n) is 12.6. The molecule has 6 heteroatoms. The van der Waals surface area contributed by atoms with Gasteiger partial charge in [0.15, 0.2) is 5.16 Å². The SMILES string of the molecule is CC[C@H](Sc1nncn1C1CC1)C(=O)NCc1ccccc1. The molecule has 0 unspecified atom stereocenters. The first kappa shape index (κ1) is 15.1. The highest BCUT2D eigenvalue weighted by atomic mass is 32.2. The first-order valence-corrected chi connectivity index (χ1v) is 8.53. The Morgan fingerprint density at radius 3 is 2.86 bits per heavy atom. The number of amides is 1. The molecule has 1 aliphatic carbocycles. The van der Waals surface area contributed by atoms with Crippen LogP contribution in [-0.2, 0) is 11.3 Å². The summed E-state index contributed by atoms with van der Waals surface area (Å²) in [6.45, 7) is 2.59. The molecule has 1 aromatic carbocycles. The van der Waals surface area contributed by atoms with Crippen LogP contribution >= 0.6 is 11.8 Å². The number of carbonyl (C=O) groups is 1. The molecule has 116 valence electrons.